The average molecular weight is 470 g/mol. The van der Waals surface area contributed by atoms with Gasteiger partial charge in [-0.15, -0.1) is 0 Å². The van der Waals surface area contributed by atoms with Gasteiger partial charge in [-0.05, 0) is 70.5 Å². The van der Waals surface area contributed by atoms with E-state index < -0.39 is 0 Å². The summed E-state index contributed by atoms with van der Waals surface area (Å²) in [6, 6.07) is 12.5. The van der Waals surface area contributed by atoms with Crippen LogP contribution in [0.4, 0.5) is 5.69 Å². The molecule has 0 saturated carbocycles. The quantitative estimate of drug-likeness (QED) is 0.424. The third-order valence-corrected chi connectivity index (χ3v) is 7.00. The van der Waals surface area contributed by atoms with Crippen LogP contribution in [0.25, 0.3) is 22.2 Å². The first-order valence-electron chi connectivity index (χ1n) is 12.6. The Labute approximate surface area is 207 Å². The van der Waals surface area contributed by atoms with Crippen LogP contribution in [0.5, 0.6) is 0 Å². The lowest BCUT2D eigenvalue weighted by atomic mass is 10.00. The number of hydrogen-bond acceptors (Lipinski definition) is 4. The Bertz CT molecular complexity index is 1370. The van der Waals surface area contributed by atoms with Gasteiger partial charge in [0.2, 0.25) is 0 Å². The summed E-state index contributed by atoms with van der Waals surface area (Å²) in [5.41, 5.74) is 7.54. The minimum atomic E-state index is -0.0551. The molecule has 4 heterocycles. The van der Waals surface area contributed by atoms with E-state index >= 15 is 0 Å². The number of likely N-dealkylation sites (N-methyl/N-ethyl adjacent to an activating group) is 1. The summed E-state index contributed by atoms with van der Waals surface area (Å²) in [5.74, 6) is 0. The van der Waals surface area contributed by atoms with Crippen LogP contribution in [0.3, 0.4) is 0 Å². The fraction of sp³-hybridized carbons (Fsp3) is 0.379. The van der Waals surface area contributed by atoms with E-state index in [9.17, 15) is 4.79 Å². The third-order valence-electron chi connectivity index (χ3n) is 7.00. The summed E-state index contributed by atoms with van der Waals surface area (Å²) in [6.45, 7) is 7.12. The molecule has 1 aliphatic rings. The molecule has 3 aromatic heterocycles. The first-order chi connectivity index (χ1) is 16.9. The van der Waals surface area contributed by atoms with E-state index in [1.54, 1.807) is 6.07 Å². The van der Waals surface area contributed by atoms with Crippen LogP contribution in [0.15, 0.2) is 59.8 Å². The van der Waals surface area contributed by atoms with Gasteiger partial charge in [-0.3, -0.25) is 4.79 Å². The summed E-state index contributed by atoms with van der Waals surface area (Å²) in [4.78, 5) is 26.0. The van der Waals surface area contributed by atoms with Gasteiger partial charge in [0.05, 0.1) is 17.9 Å². The standard InChI is InChI=1S/C29H35N5O/c1-20-12-21(2)14-23(13-20)27(19-32(3)4)34-11-8-22(15-28(34)35)26-18-31-29-25(26)16-24(17-30-29)33-9-6-5-7-10-33/h8,11-18,27H,5-7,9-10,19H2,1-4H3,(H,30,31)/t27-/m1/s1. The molecule has 4 aromatic rings. The van der Waals surface area contributed by atoms with Gasteiger partial charge in [0.25, 0.3) is 5.56 Å². The van der Waals surface area contributed by atoms with Crippen molar-refractivity contribution in [1.29, 1.82) is 0 Å². The van der Waals surface area contributed by atoms with E-state index in [1.807, 2.05) is 37.3 Å². The summed E-state index contributed by atoms with van der Waals surface area (Å²) >= 11 is 0. The van der Waals surface area contributed by atoms with Gasteiger partial charge in [-0.25, -0.2) is 4.98 Å². The highest BCUT2D eigenvalue weighted by Crippen LogP contribution is 2.31. The Kier molecular flexibility index (Phi) is 6.48. The molecule has 1 fully saturated rings. The molecule has 0 amide bonds. The number of nitrogens with one attached hydrogen (secondary N) is 1. The predicted octanol–water partition coefficient (Wildman–Crippen LogP) is 5.15. The number of aryl methyl sites for hydroxylation is 2. The number of aromatic nitrogens is 3. The summed E-state index contributed by atoms with van der Waals surface area (Å²) in [7, 11) is 4.10. The van der Waals surface area contributed by atoms with Crippen molar-refractivity contribution < 1.29 is 0 Å². The molecule has 1 N–H and O–H groups in total. The molecule has 35 heavy (non-hydrogen) atoms. The molecule has 1 aromatic carbocycles. The summed E-state index contributed by atoms with van der Waals surface area (Å²) in [5, 5.41) is 1.06. The molecule has 0 unspecified atom stereocenters. The minimum Gasteiger partial charge on any atom is -0.370 e. The number of aromatic amines is 1. The van der Waals surface area contributed by atoms with E-state index in [2.05, 4.69) is 63.9 Å². The second-order valence-electron chi connectivity index (χ2n) is 10.2. The first-order valence-corrected chi connectivity index (χ1v) is 12.6. The highest BCUT2D eigenvalue weighted by atomic mass is 16.1. The molecule has 0 spiro atoms. The number of pyridine rings is 2. The van der Waals surface area contributed by atoms with Gasteiger partial charge >= 0.3 is 0 Å². The van der Waals surface area contributed by atoms with Gasteiger partial charge < -0.3 is 19.4 Å². The van der Waals surface area contributed by atoms with Crippen molar-refractivity contribution >= 4 is 16.7 Å². The maximum atomic E-state index is 13.5. The zero-order chi connectivity index (χ0) is 24.5. The Morgan fingerprint density at radius 3 is 2.46 bits per heavy atom. The lowest BCUT2D eigenvalue weighted by Crippen LogP contribution is -2.32. The Balaban J connectivity index is 1.53. The SMILES string of the molecule is Cc1cc(C)cc([C@@H](CN(C)C)n2ccc(-c3c[nH]c4ncc(N5CCCCC5)cc34)cc2=O)c1. The lowest BCUT2D eigenvalue weighted by Gasteiger charge is -2.28. The van der Waals surface area contributed by atoms with Crippen molar-refractivity contribution in [3.8, 4) is 11.1 Å². The van der Waals surface area contributed by atoms with Crippen molar-refractivity contribution in [2.45, 2.75) is 39.2 Å². The van der Waals surface area contributed by atoms with Crippen LogP contribution < -0.4 is 10.5 Å². The maximum Gasteiger partial charge on any atom is 0.251 e. The second kappa shape index (κ2) is 9.70. The highest BCUT2D eigenvalue weighted by molar-refractivity contribution is 5.95. The van der Waals surface area contributed by atoms with Crippen molar-refractivity contribution in [3.05, 3.63) is 82.0 Å². The van der Waals surface area contributed by atoms with Gasteiger partial charge in [0, 0.05) is 49.0 Å². The van der Waals surface area contributed by atoms with Crippen LogP contribution in [-0.4, -0.2) is 53.2 Å². The Hall–Kier alpha value is -3.38. The highest BCUT2D eigenvalue weighted by Gasteiger charge is 2.19. The number of hydrogen-bond donors (Lipinski definition) is 1. The Morgan fingerprint density at radius 1 is 1.03 bits per heavy atom. The fourth-order valence-electron chi connectivity index (χ4n) is 5.37. The number of benzene rings is 1. The number of anilines is 1. The zero-order valence-corrected chi connectivity index (χ0v) is 21.2. The van der Waals surface area contributed by atoms with Crippen LogP contribution in [0, 0.1) is 13.8 Å². The zero-order valence-electron chi connectivity index (χ0n) is 21.2. The largest absolute Gasteiger partial charge is 0.370 e. The molecule has 0 bridgehead atoms. The van der Waals surface area contributed by atoms with E-state index in [0.29, 0.717) is 0 Å². The molecule has 182 valence electrons. The normalized spacial score (nSPS) is 15.2. The van der Waals surface area contributed by atoms with Crippen molar-refractivity contribution in [3.63, 3.8) is 0 Å². The Morgan fingerprint density at radius 2 is 1.77 bits per heavy atom. The molecule has 5 rings (SSSR count). The monoisotopic (exact) mass is 469 g/mol. The van der Waals surface area contributed by atoms with Crippen LogP contribution in [0.1, 0.15) is 42.0 Å². The predicted molar refractivity (Wildman–Crippen MR) is 144 cm³/mol. The topological polar surface area (TPSA) is 57.2 Å². The summed E-state index contributed by atoms with van der Waals surface area (Å²) in [6.07, 6.45) is 9.63. The fourth-order valence-corrected chi connectivity index (χ4v) is 5.37. The molecule has 6 nitrogen and oxygen atoms in total. The van der Waals surface area contributed by atoms with Crippen LogP contribution in [0.2, 0.25) is 0 Å². The second-order valence-corrected chi connectivity index (χ2v) is 10.2. The number of H-pyrrole nitrogens is 1. The van der Waals surface area contributed by atoms with E-state index in [0.717, 1.165) is 53.0 Å². The van der Waals surface area contributed by atoms with Gasteiger partial charge in [0.15, 0.2) is 0 Å². The molecular formula is C29H35N5O. The van der Waals surface area contributed by atoms with Crippen molar-refractivity contribution in [2.24, 2.45) is 0 Å². The van der Waals surface area contributed by atoms with E-state index in [-0.39, 0.29) is 11.6 Å². The number of fused-ring (bicyclic) bond motifs is 1. The van der Waals surface area contributed by atoms with Crippen LogP contribution >= 0.6 is 0 Å². The number of piperidine rings is 1. The smallest absolute Gasteiger partial charge is 0.251 e. The summed E-state index contributed by atoms with van der Waals surface area (Å²) < 4.78 is 1.87. The van der Waals surface area contributed by atoms with Crippen LogP contribution in [-0.2, 0) is 0 Å². The minimum absolute atomic E-state index is 0.00278. The molecule has 1 aliphatic heterocycles. The molecule has 6 heteroatoms. The number of rotatable bonds is 6. The van der Waals surface area contributed by atoms with E-state index in [1.165, 1.54) is 30.4 Å². The third kappa shape index (κ3) is 4.89. The molecule has 0 aliphatic carbocycles. The number of nitrogens with zero attached hydrogens (tertiary/aromatic N) is 4. The van der Waals surface area contributed by atoms with Crippen molar-refractivity contribution in [1.82, 2.24) is 19.4 Å². The first kappa shape index (κ1) is 23.4. The van der Waals surface area contributed by atoms with Gasteiger partial charge in [-0.1, -0.05) is 29.3 Å². The maximum absolute atomic E-state index is 13.5. The molecule has 0 radical (unpaired) electrons. The van der Waals surface area contributed by atoms with Crippen molar-refractivity contribution in [2.75, 3.05) is 38.6 Å². The lowest BCUT2D eigenvalue weighted by molar-refractivity contribution is 0.346. The van der Waals surface area contributed by atoms with Gasteiger partial charge in [0.1, 0.15) is 5.65 Å². The van der Waals surface area contributed by atoms with E-state index in [4.69, 9.17) is 0 Å². The molecule has 1 saturated heterocycles. The average Bonchev–Trinajstić information content (AvgIpc) is 3.26. The van der Waals surface area contributed by atoms with Gasteiger partial charge in [-0.2, -0.15) is 0 Å². The molecular weight excluding hydrogens is 434 g/mol. The molecule has 1 atom stereocenters.